The van der Waals surface area contributed by atoms with Crippen LogP contribution in [0.2, 0.25) is 0 Å². The largest absolute Gasteiger partial charge is 1.00 e. The van der Waals surface area contributed by atoms with Crippen molar-refractivity contribution >= 4 is 13.9 Å². The van der Waals surface area contributed by atoms with Crippen molar-refractivity contribution in [1.82, 2.24) is 0 Å². The zero-order valence-corrected chi connectivity index (χ0v) is 9.85. The normalized spacial score (nSPS) is 9.44. The minimum atomic E-state index is 0. The first-order valence-electron chi connectivity index (χ1n) is 2.58. The van der Waals surface area contributed by atoms with Crippen LogP contribution in [0, 0.1) is 0 Å². The molecule has 1 aromatic rings. The summed E-state index contributed by atoms with van der Waals surface area (Å²) < 4.78 is 0. The number of hydrogen-bond donors (Lipinski definition) is 0. The van der Waals surface area contributed by atoms with E-state index in [1.54, 1.807) is 0 Å². The van der Waals surface area contributed by atoms with Gasteiger partial charge in [0.2, 0.25) is 0 Å². The maximum Gasteiger partial charge on any atom is 1.00 e. The Hall–Kier alpha value is 1.29. The summed E-state index contributed by atoms with van der Waals surface area (Å²) >= 11 is 0. The molecule has 0 aliphatic rings. The van der Waals surface area contributed by atoms with Gasteiger partial charge in [0.25, 0.3) is 0 Å². The van der Waals surface area contributed by atoms with E-state index in [1.165, 1.54) is 13.9 Å². The summed E-state index contributed by atoms with van der Waals surface area (Å²) in [5, 5.41) is 1.38. The molecule has 0 saturated carbocycles. The second kappa shape index (κ2) is 6.03. The maximum atomic E-state index is 2.13. The molecule has 0 saturated heterocycles. The van der Waals surface area contributed by atoms with Gasteiger partial charge in [0, 0.05) is 0 Å². The van der Waals surface area contributed by atoms with Crippen LogP contribution in [-0.4, -0.2) is 6.66 Å². The summed E-state index contributed by atoms with van der Waals surface area (Å²) in [5.41, 5.74) is 0. The third-order valence-electron chi connectivity index (χ3n) is 1.01. The Kier molecular flexibility index (Phi) is 6.89. The molecule has 0 spiro atoms. The minimum Gasteiger partial charge on any atom is -0.510 e. The SMILES string of the molecule is C[P-]c1ccccc1.[K+]. The summed E-state index contributed by atoms with van der Waals surface area (Å²) in [4.78, 5) is 0. The summed E-state index contributed by atoms with van der Waals surface area (Å²) in [6.45, 7) is 2.13. The quantitative estimate of drug-likeness (QED) is 0.363. The standard InChI is InChI=1S/C7H8P.K/c1-8-7-5-3-2-4-6-7;/h2-6H,1H3;/q-1;+1. The van der Waals surface area contributed by atoms with Gasteiger partial charge >= 0.3 is 51.4 Å². The second-order valence-corrected chi connectivity index (χ2v) is 2.52. The minimum absolute atomic E-state index is 0. The van der Waals surface area contributed by atoms with Crippen LogP contribution >= 0.6 is 8.58 Å². The molecule has 0 aliphatic carbocycles. The third kappa shape index (κ3) is 3.87. The van der Waals surface area contributed by atoms with Crippen LogP contribution in [0.1, 0.15) is 0 Å². The molecule has 0 fully saturated rings. The van der Waals surface area contributed by atoms with Crippen LogP contribution < -0.4 is 56.7 Å². The van der Waals surface area contributed by atoms with Gasteiger partial charge in [0.1, 0.15) is 0 Å². The van der Waals surface area contributed by atoms with Crippen LogP contribution in [0.4, 0.5) is 0 Å². The molecule has 0 aromatic heterocycles. The summed E-state index contributed by atoms with van der Waals surface area (Å²) in [6.07, 6.45) is 0. The van der Waals surface area contributed by atoms with Gasteiger partial charge in [-0.25, -0.2) is 5.30 Å². The topological polar surface area (TPSA) is 0 Å². The first kappa shape index (κ1) is 10.3. The Morgan fingerprint density at radius 3 is 2.00 bits per heavy atom. The van der Waals surface area contributed by atoms with E-state index in [1.807, 2.05) is 6.07 Å². The van der Waals surface area contributed by atoms with Gasteiger partial charge in [-0.2, -0.15) is 6.66 Å². The number of rotatable bonds is 1. The molecular weight excluding hydrogens is 154 g/mol. The Balaban J connectivity index is 0.000000640. The van der Waals surface area contributed by atoms with E-state index in [4.69, 9.17) is 0 Å². The predicted octanol–water partition coefficient (Wildman–Crippen LogP) is -1.11. The van der Waals surface area contributed by atoms with E-state index in [-0.39, 0.29) is 51.4 Å². The molecule has 0 heterocycles. The van der Waals surface area contributed by atoms with Crippen molar-refractivity contribution in [1.29, 1.82) is 0 Å². The van der Waals surface area contributed by atoms with E-state index in [0.29, 0.717) is 0 Å². The van der Waals surface area contributed by atoms with Crippen molar-refractivity contribution in [3.05, 3.63) is 30.3 Å². The fourth-order valence-corrected chi connectivity index (χ4v) is 1.05. The molecule has 0 N–H and O–H groups in total. The molecule has 0 aliphatic heterocycles. The van der Waals surface area contributed by atoms with Crippen LogP contribution in [-0.2, 0) is 0 Å². The number of benzene rings is 1. The fourth-order valence-electron chi connectivity index (χ4n) is 0.577. The first-order chi connectivity index (χ1) is 3.93. The van der Waals surface area contributed by atoms with Gasteiger partial charge in [-0.1, -0.05) is 30.3 Å². The van der Waals surface area contributed by atoms with Crippen molar-refractivity contribution in [2.24, 2.45) is 0 Å². The molecule has 42 valence electrons. The molecule has 0 amide bonds. The molecule has 0 atom stereocenters. The maximum absolute atomic E-state index is 2.13. The van der Waals surface area contributed by atoms with Crippen molar-refractivity contribution in [2.75, 3.05) is 6.66 Å². The molecule has 0 unspecified atom stereocenters. The van der Waals surface area contributed by atoms with E-state index >= 15 is 0 Å². The van der Waals surface area contributed by atoms with Crippen molar-refractivity contribution in [3.8, 4) is 0 Å². The molecule has 1 aromatic carbocycles. The smallest absolute Gasteiger partial charge is 0.510 e. The van der Waals surface area contributed by atoms with Gasteiger partial charge in [0.05, 0.1) is 0 Å². The molecule has 0 nitrogen and oxygen atoms in total. The molecule has 2 heteroatoms. The van der Waals surface area contributed by atoms with Crippen LogP contribution in [0.15, 0.2) is 30.3 Å². The van der Waals surface area contributed by atoms with Crippen molar-refractivity contribution in [2.45, 2.75) is 0 Å². The van der Waals surface area contributed by atoms with Gasteiger partial charge in [-0.3, -0.25) is 0 Å². The van der Waals surface area contributed by atoms with Gasteiger partial charge in [-0.05, 0) is 0 Å². The molecule has 0 bridgehead atoms. The first-order valence-corrected chi connectivity index (χ1v) is 3.92. The molecular formula is C7H8KP. The fraction of sp³-hybridized carbons (Fsp3) is 0.143. The average molecular weight is 162 g/mol. The second-order valence-electron chi connectivity index (χ2n) is 1.56. The third-order valence-corrected chi connectivity index (χ3v) is 1.83. The molecule has 9 heavy (non-hydrogen) atoms. The van der Waals surface area contributed by atoms with Crippen LogP contribution in [0.3, 0.4) is 0 Å². The summed E-state index contributed by atoms with van der Waals surface area (Å²) in [7, 11) is 1.35. The Bertz CT molecular complexity index is 150. The van der Waals surface area contributed by atoms with Gasteiger partial charge in [-0.15, -0.1) is 0 Å². The van der Waals surface area contributed by atoms with Gasteiger partial charge in [0.15, 0.2) is 0 Å². The Morgan fingerprint density at radius 2 is 1.67 bits per heavy atom. The zero-order valence-electron chi connectivity index (χ0n) is 5.83. The Morgan fingerprint density at radius 1 is 1.11 bits per heavy atom. The average Bonchev–Trinajstić information content (AvgIpc) is 1.90. The van der Waals surface area contributed by atoms with Crippen LogP contribution in [0.5, 0.6) is 0 Å². The van der Waals surface area contributed by atoms with E-state index in [9.17, 15) is 0 Å². The van der Waals surface area contributed by atoms with E-state index < -0.39 is 0 Å². The van der Waals surface area contributed by atoms with Crippen LogP contribution in [0.25, 0.3) is 0 Å². The predicted molar refractivity (Wildman–Crippen MR) is 38.9 cm³/mol. The molecule has 0 radical (unpaired) electrons. The van der Waals surface area contributed by atoms with Crippen molar-refractivity contribution < 1.29 is 51.4 Å². The van der Waals surface area contributed by atoms with Crippen molar-refractivity contribution in [3.63, 3.8) is 0 Å². The zero-order chi connectivity index (χ0) is 5.82. The van der Waals surface area contributed by atoms with E-state index in [2.05, 4.69) is 30.9 Å². The summed E-state index contributed by atoms with van der Waals surface area (Å²) in [6, 6.07) is 10.4. The summed E-state index contributed by atoms with van der Waals surface area (Å²) in [5.74, 6) is 0. The van der Waals surface area contributed by atoms with Gasteiger partial charge < -0.3 is 8.58 Å². The monoisotopic (exact) mass is 162 g/mol. The Labute approximate surface area is 101 Å². The number of hydrogen-bond acceptors (Lipinski definition) is 0. The van der Waals surface area contributed by atoms with E-state index in [0.717, 1.165) is 0 Å². The molecule has 1 rings (SSSR count).